The lowest BCUT2D eigenvalue weighted by Crippen LogP contribution is -3.18. The van der Waals surface area contributed by atoms with Crippen molar-refractivity contribution in [3.8, 4) is 29.8 Å². The molecule has 2 unspecified atom stereocenters. The molecule has 6 spiro atoms. The van der Waals surface area contributed by atoms with Crippen LogP contribution in [0.1, 0.15) is 173 Å². The van der Waals surface area contributed by atoms with Crippen molar-refractivity contribution in [3.05, 3.63) is 134 Å². The zero-order valence-electron chi connectivity index (χ0n) is 67.1. The zero-order chi connectivity index (χ0) is 77.7. The van der Waals surface area contributed by atoms with Crippen LogP contribution in [0.5, 0.6) is 0 Å². The van der Waals surface area contributed by atoms with Crippen LogP contribution in [0.4, 0.5) is 0 Å². The number of nitrogens with one attached hydrogen (secondary N) is 1. The maximum atomic E-state index is 12.0. The fraction of sp³-hybridized carbons (Fsp3) is 0.611. The van der Waals surface area contributed by atoms with E-state index >= 15 is 0 Å². The summed E-state index contributed by atoms with van der Waals surface area (Å²) in [5.74, 6) is 12.0. The SMILES string of the molecule is CN(C)CC#CC1=C[C@@H]2C[C@@]3(OC(=O)C=C13)[C@H]1CCCCN21.C[N+]12CCCC[C@@H]1[C@]13C[C@H]2C=C(I)C1=CC(=O)O3.Cl.Cl.Cl.N#CCCCC#CC1=C[C@@H]2C[C@@]3(OC(=O)C=C13)[C@H]1CCCCN21.O=C1C=C2C(I)=C[C@@H]3C[C@@]2(O1)[C@H]1CCCCN31.O=C1C=C2C(I)=C[C@@H]3C[C@@]2(O1)[C@H]1CCCC[NH+]31.O=C1C=C2C=C[C@@H]3C[C@@]2(O1)[C@H]1CCCCN31.[Cl-].[I-]. The number of likely N-dealkylation sites (N-methyl/N-ethyl adjacent to an activating group) is 1. The summed E-state index contributed by atoms with van der Waals surface area (Å²) in [6.45, 7) is 7.70. The van der Waals surface area contributed by atoms with E-state index in [4.69, 9.17) is 33.7 Å². The number of piperidine rings is 6. The molecular formula is C90H106Cl4I4N8O12. The lowest BCUT2D eigenvalue weighted by Gasteiger charge is -2.44. The van der Waals surface area contributed by atoms with Crippen LogP contribution in [-0.2, 0) is 57.2 Å². The van der Waals surface area contributed by atoms with Crippen LogP contribution in [0.2, 0.25) is 0 Å². The first kappa shape index (κ1) is 90.4. The number of esters is 6. The van der Waals surface area contributed by atoms with Gasteiger partial charge < -0.3 is 74.2 Å². The van der Waals surface area contributed by atoms with E-state index in [1.54, 1.807) is 41.4 Å². The van der Waals surface area contributed by atoms with Gasteiger partial charge in [0.05, 0.1) is 69.8 Å². The highest BCUT2D eigenvalue weighted by atomic mass is 127. The van der Waals surface area contributed by atoms with Crippen molar-refractivity contribution in [1.29, 1.82) is 5.26 Å². The number of unbranched alkanes of at least 4 members (excludes halogenated alkanes) is 2. The number of hydrogen-bond donors (Lipinski definition) is 1. The van der Waals surface area contributed by atoms with Gasteiger partial charge in [0.1, 0.15) is 24.2 Å². The number of quaternary nitrogens is 2. The van der Waals surface area contributed by atoms with Crippen molar-refractivity contribution in [3.63, 3.8) is 0 Å². The molecule has 0 aromatic carbocycles. The molecule has 18 aliphatic heterocycles. The average molecular weight is 2140 g/mol. The fourth-order valence-electron chi connectivity index (χ4n) is 25.9. The van der Waals surface area contributed by atoms with Gasteiger partial charge in [-0.15, -0.1) is 37.2 Å². The number of ether oxygens (including phenoxy) is 6. The van der Waals surface area contributed by atoms with Crippen LogP contribution in [-0.4, -0.2) is 238 Å². The Morgan fingerprint density at radius 1 is 0.483 bits per heavy atom. The molecule has 20 nitrogen and oxygen atoms in total. The minimum absolute atomic E-state index is 0. The average Bonchev–Trinajstić information content (AvgIpc) is 1.54. The minimum atomic E-state index is -0.451. The van der Waals surface area contributed by atoms with Gasteiger partial charge in [0.25, 0.3) is 0 Å². The van der Waals surface area contributed by atoms with Gasteiger partial charge in [0.15, 0.2) is 33.6 Å². The fourth-order valence-corrected chi connectivity index (χ4v) is 29.0. The second-order valence-corrected chi connectivity index (χ2v) is 39.8. The van der Waals surface area contributed by atoms with E-state index in [1.165, 1.54) is 132 Å². The molecule has 20 atom stereocenters. The van der Waals surface area contributed by atoms with Gasteiger partial charge in [-0.05, 0) is 204 Å². The Bertz CT molecular complexity index is 4650. The summed E-state index contributed by atoms with van der Waals surface area (Å²) in [5, 5.41) is 8.58. The Balaban J connectivity index is 0.000000116. The Labute approximate surface area is 776 Å². The van der Waals surface area contributed by atoms with Crippen LogP contribution in [0.3, 0.4) is 0 Å². The first-order valence-corrected chi connectivity index (χ1v) is 45.5. The quantitative estimate of drug-likeness (QED) is 0.0897. The third-order valence-corrected chi connectivity index (χ3v) is 33.1. The summed E-state index contributed by atoms with van der Waals surface area (Å²) in [5.41, 5.74) is 6.62. The molecule has 18 heterocycles. The number of hydrogen-bond acceptors (Lipinski definition) is 18. The Morgan fingerprint density at radius 2 is 0.915 bits per heavy atom. The number of nitriles is 1. The number of halogens is 8. The third kappa shape index (κ3) is 14.9. The number of carbonyl (C=O) groups excluding carboxylic acids is 6. The molecule has 118 heavy (non-hydrogen) atoms. The van der Waals surface area contributed by atoms with Gasteiger partial charge in [-0.2, -0.15) is 5.26 Å². The summed E-state index contributed by atoms with van der Waals surface area (Å²) in [7, 11) is 6.38. The highest BCUT2D eigenvalue weighted by Crippen LogP contribution is 2.61. The summed E-state index contributed by atoms with van der Waals surface area (Å²) in [6, 6.07) is 7.40. The molecule has 12 saturated heterocycles. The van der Waals surface area contributed by atoms with Gasteiger partial charge >= 0.3 is 35.8 Å². The largest absolute Gasteiger partial charge is 1.00 e. The molecule has 0 radical (unpaired) electrons. The maximum Gasteiger partial charge on any atom is 0.332 e. The van der Waals surface area contributed by atoms with Gasteiger partial charge in [-0.3, -0.25) is 24.5 Å². The Hall–Kier alpha value is -3.89. The second kappa shape index (κ2) is 35.1. The molecule has 0 saturated carbocycles. The number of nitrogens with zero attached hydrogens (tertiary/aromatic N) is 7. The molecule has 28 heteroatoms. The van der Waals surface area contributed by atoms with Crippen molar-refractivity contribution in [2.75, 3.05) is 67.0 Å². The van der Waals surface area contributed by atoms with E-state index in [9.17, 15) is 28.8 Å². The van der Waals surface area contributed by atoms with Crippen LogP contribution in [0.25, 0.3) is 0 Å². The van der Waals surface area contributed by atoms with Crippen molar-refractivity contribution >= 4 is 141 Å². The molecule has 0 aromatic heterocycles. The monoisotopic (exact) mass is 2140 g/mol. The van der Waals surface area contributed by atoms with E-state index in [1.807, 2.05) is 14.1 Å². The molecule has 0 aromatic rings. The topological polar surface area (TPSA) is 202 Å². The van der Waals surface area contributed by atoms with E-state index in [2.05, 4.69) is 172 Å². The lowest BCUT2D eigenvalue weighted by atomic mass is 9.77. The van der Waals surface area contributed by atoms with E-state index in [0.717, 1.165) is 140 Å². The van der Waals surface area contributed by atoms with Crippen molar-refractivity contribution < 1.29 is 103 Å². The highest BCUT2D eigenvalue weighted by molar-refractivity contribution is 14.1. The summed E-state index contributed by atoms with van der Waals surface area (Å²) < 4.78 is 39.6. The van der Waals surface area contributed by atoms with Crippen molar-refractivity contribution in [1.82, 2.24) is 24.5 Å². The van der Waals surface area contributed by atoms with Crippen molar-refractivity contribution in [2.45, 2.75) is 279 Å². The van der Waals surface area contributed by atoms with Crippen LogP contribution < -0.4 is 41.3 Å². The third-order valence-electron chi connectivity index (χ3n) is 30.3. The molecule has 24 aliphatic rings. The van der Waals surface area contributed by atoms with Crippen molar-refractivity contribution in [2.24, 2.45) is 0 Å². The number of fused-ring (bicyclic) bond motifs is 18. The second-order valence-electron chi connectivity index (χ2n) is 36.3. The molecule has 12 fully saturated rings. The summed E-state index contributed by atoms with van der Waals surface area (Å²) in [4.78, 5) is 84.5. The van der Waals surface area contributed by atoms with Gasteiger partial charge in [-0.1, -0.05) is 79.7 Å². The van der Waals surface area contributed by atoms with Crippen LogP contribution >= 0.6 is 105 Å². The predicted molar refractivity (Wildman–Crippen MR) is 468 cm³/mol. The lowest BCUT2D eigenvalue weighted by molar-refractivity contribution is -0.944. The predicted octanol–water partition coefficient (Wildman–Crippen LogP) is 5.72. The standard InChI is InChI=1S/C19H20N2O2.C18H22N2O2.C14H17INO2.2C13H14INO2.C13H15NO2.4ClH.HI/c20-9-5-2-1-3-7-14-11-15-13-19(16(14)12-18(22)23-19)17-8-4-6-10-21(15)17;1-19(2)8-5-6-13-10-14-12-18(15(13)11-17(21)22-18)16-7-3-4-9-20(14)16;1-16-5-3-2-4-12(16)14-8-9(16)6-11(15)10(14)7-13(17)18-14;2*14-10-5-8-7-13(9(10)6-12(16)17-13)11-3-1-2-4-15(8)11;15-12-7-9-4-5-10-8-13(9,16-12)11-3-1-2-6-14(10)11;;;;;/h11-12,15,17H,1-2,4-6,8,10,13H2;10-11,14,16H,3-4,7-9,12H2,1-2H3;6-7,9,12H,2-5,8H2,1H3;2*5-6,8,11H,1-4,7H2;4-5,7,10-11H,1-3,6,8H2;5*1H/q;;+1;;;;;;;;/p-1/t15-,17-,19+;14-,16-,18+;9-,12-,14+,16?;2*8-,11-,13+;10-,11-,13+;;;;;/m111111...../s1. The molecule has 12 bridgehead atoms. The first-order valence-electron chi connectivity index (χ1n) is 42.3. The van der Waals surface area contributed by atoms with Gasteiger partial charge in [-0.25, -0.2) is 28.8 Å². The normalized spacial score (nSPS) is 40.1. The molecule has 1 N–H and O–H groups in total. The van der Waals surface area contributed by atoms with Gasteiger partial charge in [0, 0.05) is 167 Å². The molecule has 0 amide bonds. The van der Waals surface area contributed by atoms with E-state index in [0.29, 0.717) is 78.9 Å². The van der Waals surface area contributed by atoms with Crippen LogP contribution in [0.15, 0.2) is 134 Å². The van der Waals surface area contributed by atoms with Gasteiger partial charge in [0.2, 0.25) is 0 Å². The summed E-state index contributed by atoms with van der Waals surface area (Å²) >= 11 is 7.11. The maximum absolute atomic E-state index is 12.0. The number of rotatable bonds is 3. The van der Waals surface area contributed by atoms with E-state index < -0.39 is 11.2 Å². The molecular weight excluding hydrogens is 2030 g/mol. The smallest absolute Gasteiger partial charge is 0.332 e. The highest BCUT2D eigenvalue weighted by Gasteiger charge is 2.71. The number of carbonyl (C=O) groups is 6. The molecule has 24 rings (SSSR count). The first-order chi connectivity index (χ1) is 54.6. The Kier molecular flexibility index (Phi) is 26.9. The minimum Gasteiger partial charge on any atom is -1.00 e. The molecule has 634 valence electrons. The summed E-state index contributed by atoms with van der Waals surface area (Å²) in [6.07, 6.45) is 56.0. The van der Waals surface area contributed by atoms with Crippen LogP contribution in [0, 0.1) is 35.0 Å². The van der Waals surface area contributed by atoms with E-state index in [-0.39, 0.29) is 132 Å². The molecule has 6 aliphatic carbocycles. The Morgan fingerprint density at radius 3 is 1.47 bits per heavy atom. The zero-order valence-corrected chi connectivity index (χ0v) is 79.0.